The van der Waals surface area contributed by atoms with Gasteiger partial charge in [-0.05, 0) is 30.5 Å². The van der Waals surface area contributed by atoms with Gasteiger partial charge in [-0.2, -0.15) is 0 Å². The van der Waals surface area contributed by atoms with Gasteiger partial charge in [0, 0.05) is 22.7 Å². The zero-order valence-electron chi connectivity index (χ0n) is 11.7. The first kappa shape index (κ1) is 14.8. The fourth-order valence-electron chi connectivity index (χ4n) is 2.50. The van der Waals surface area contributed by atoms with Crippen molar-refractivity contribution in [2.75, 3.05) is 24.7 Å². The van der Waals surface area contributed by atoms with Crippen LogP contribution in [0.3, 0.4) is 0 Å². The number of carbonyl (C=O) groups is 1. The lowest BCUT2D eigenvalue weighted by molar-refractivity contribution is -0.124. The second-order valence-corrected chi connectivity index (χ2v) is 6.36. The van der Waals surface area contributed by atoms with Crippen LogP contribution in [0.1, 0.15) is 18.4 Å². The van der Waals surface area contributed by atoms with Gasteiger partial charge >= 0.3 is 0 Å². The van der Waals surface area contributed by atoms with Crippen molar-refractivity contribution in [3.63, 3.8) is 0 Å². The van der Waals surface area contributed by atoms with Crippen LogP contribution in [0.4, 0.5) is 5.69 Å². The zero-order chi connectivity index (χ0) is 14.8. The predicted molar refractivity (Wildman–Crippen MR) is 83.2 cm³/mol. The molecule has 2 fully saturated rings. The summed E-state index contributed by atoms with van der Waals surface area (Å²) in [4.78, 5) is 14.4. The van der Waals surface area contributed by atoms with E-state index in [1.54, 1.807) is 0 Å². The van der Waals surface area contributed by atoms with Crippen molar-refractivity contribution >= 4 is 27.5 Å². The molecule has 6 heteroatoms. The van der Waals surface area contributed by atoms with Gasteiger partial charge in [0.15, 0.2) is 0 Å². The van der Waals surface area contributed by atoms with Crippen molar-refractivity contribution in [2.24, 2.45) is 0 Å². The van der Waals surface area contributed by atoms with Gasteiger partial charge < -0.3 is 20.1 Å². The lowest BCUT2D eigenvalue weighted by atomic mass is 10.1. The van der Waals surface area contributed by atoms with E-state index in [2.05, 4.69) is 26.1 Å². The van der Waals surface area contributed by atoms with Gasteiger partial charge in [0.25, 0.3) is 0 Å². The first-order chi connectivity index (χ1) is 10.2. The van der Waals surface area contributed by atoms with E-state index in [4.69, 9.17) is 4.74 Å². The van der Waals surface area contributed by atoms with Gasteiger partial charge in [0.2, 0.25) is 5.91 Å². The molecule has 1 amide bonds. The molecule has 114 valence electrons. The number of morpholine rings is 1. The Kier molecular flexibility index (Phi) is 4.47. The number of hydrogen-bond acceptors (Lipinski definition) is 4. The number of halogens is 1. The molecule has 1 aliphatic heterocycles. The molecule has 21 heavy (non-hydrogen) atoms. The monoisotopic (exact) mass is 354 g/mol. The lowest BCUT2D eigenvalue weighted by Crippen LogP contribution is -2.54. The van der Waals surface area contributed by atoms with Crippen molar-refractivity contribution in [3.8, 4) is 0 Å². The summed E-state index contributed by atoms with van der Waals surface area (Å²) in [6, 6.07) is 5.84. The summed E-state index contributed by atoms with van der Waals surface area (Å²) < 4.78 is 6.33. The van der Waals surface area contributed by atoms with E-state index in [-0.39, 0.29) is 18.6 Å². The first-order valence-electron chi connectivity index (χ1n) is 7.23. The van der Waals surface area contributed by atoms with Crippen molar-refractivity contribution in [2.45, 2.75) is 31.5 Å². The number of carbonyl (C=O) groups excluding carboxylic acids is 1. The molecule has 1 saturated heterocycles. The third-order valence-electron chi connectivity index (χ3n) is 3.89. The highest BCUT2D eigenvalue weighted by Crippen LogP contribution is 2.27. The van der Waals surface area contributed by atoms with Gasteiger partial charge in [-0.25, -0.2) is 0 Å². The number of ether oxygens (including phenoxy) is 1. The lowest BCUT2D eigenvalue weighted by Gasteiger charge is -2.36. The SMILES string of the molecule is O=C(NC1CC1)C1COCCN1c1ccc(CO)c(Br)c1. The quantitative estimate of drug-likeness (QED) is 0.858. The first-order valence-corrected chi connectivity index (χ1v) is 8.02. The minimum absolute atomic E-state index is 0.00440. The van der Waals surface area contributed by atoms with Crippen molar-refractivity contribution in [1.82, 2.24) is 5.32 Å². The van der Waals surface area contributed by atoms with E-state index in [0.717, 1.165) is 28.6 Å². The van der Waals surface area contributed by atoms with Gasteiger partial charge in [-0.15, -0.1) is 0 Å². The Morgan fingerprint density at radius 1 is 1.48 bits per heavy atom. The standard InChI is InChI=1S/C15H19BrN2O3/c16-13-7-12(4-1-10(13)8-19)18-5-6-21-9-14(18)15(20)17-11-2-3-11/h1,4,7,11,14,19H,2-3,5-6,8-9H2,(H,17,20). The summed E-state index contributed by atoms with van der Waals surface area (Å²) in [6.45, 7) is 1.72. The summed E-state index contributed by atoms with van der Waals surface area (Å²) >= 11 is 3.46. The fraction of sp³-hybridized carbons (Fsp3) is 0.533. The molecule has 0 aromatic heterocycles. The van der Waals surface area contributed by atoms with E-state index >= 15 is 0 Å². The van der Waals surface area contributed by atoms with Crippen LogP contribution >= 0.6 is 15.9 Å². The number of anilines is 1. The molecule has 1 aromatic carbocycles. The Balaban J connectivity index is 1.79. The molecule has 1 heterocycles. The van der Waals surface area contributed by atoms with E-state index in [1.165, 1.54) is 0 Å². The average molecular weight is 355 g/mol. The summed E-state index contributed by atoms with van der Waals surface area (Å²) in [6.07, 6.45) is 2.16. The number of rotatable bonds is 4. The third-order valence-corrected chi connectivity index (χ3v) is 4.63. The van der Waals surface area contributed by atoms with Crippen LogP contribution in [-0.4, -0.2) is 42.9 Å². The second kappa shape index (κ2) is 6.34. The molecule has 3 rings (SSSR count). The molecule has 2 aliphatic rings. The number of aliphatic hydroxyl groups is 1. The van der Waals surface area contributed by atoms with Crippen LogP contribution in [0.5, 0.6) is 0 Å². The molecule has 0 radical (unpaired) electrons. The van der Waals surface area contributed by atoms with E-state index in [9.17, 15) is 9.90 Å². The molecule has 1 saturated carbocycles. The van der Waals surface area contributed by atoms with Crippen molar-refractivity contribution in [3.05, 3.63) is 28.2 Å². The van der Waals surface area contributed by atoms with Crippen LogP contribution in [0.2, 0.25) is 0 Å². The molecule has 1 unspecified atom stereocenters. The van der Waals surface area contributed by atoms with Crippen LogP contribution in [0.15, 0.2) is 22.7 Å². The normalized spacial score (nSPS) is 22.2. The average Bonchev–Trinajstić information content (AvgIpc) is 3.31. The Morgan fingerprint density at radius 3 is 2.95 bits per heavy atom. The number of benzene rings is 1. The van der Waals surface area contributed by atoms with Crippen LogP contribution in [0, 0.1) is 0 Å². The number of aliphatic hydroxyl groups excluding tert-OH is 1. The number of nitrogens with one attached hydrogen (secondary N) is 1. The number of hydrogen-bond donors (Lipinski definition) is 2. The molecule has 5 nitrogen and oxygen atoms in total. The van der Waals surface area contributed by atoms with E-state index in [0.29, 0.717) is 25.8 Å². The number of nitrogens with zero attached hydrogens (tertiary/aromatic N) is 1. The summed E-state index contributed by atoms with van der Waals surface area (Å²) in [5, 5.41) is 12.3. The van der Waals surface area contributed by atoms with Crippen molar-refractivity contribution in [1.29, 1.82) is 0 Å². The Morgan fingerprint density at radius 2 is 2.29 bits per heavy atom. The topological polar surface area (TPSA) is 61.8 Å². The predicted octanol–water partition coefficient (Wildman–Crippen LogP) is 1.43. The minimum atomic E-state index is -0.286. The van der Waals surface area contributed by atoms with Crippen LogP contribution in [0.25, 0.3) is 0 Å². The van der Waals surface area contributed by atoms with Crippen LogP contribution < -0.4 is 10.2 Å². The number of amides is 1. The van der Waals surface area contributed by atoms with Gasteiger partial charge in [-0.1, -0.05) is 22.0 Å². The Labute approximate surface area is 132 Å². The highest BCUT2D eigenvalue weighted by Gasteiger charge is 2.33. The second-order valence-electron chi connectivity index (χ2n) is 5.50. The maximum absolute atomic E-state index is 12.4. The summed E-state index contributed by atoms with van der Waals surface area (Å²) in [5.74, 6) is 0.0413. The molecule has 0 bridgehead atoms. The van der Waals surface area contributed by atoms with Gasteiger partial charge in [-0.3, -0.25) is 4.79 Å². The minimum Gasteiger partial charge on any atom is -0.392 e. The molecule has 0 spiro atoms. The fourth-order valence-corrected chi connectivity index (χ4v) is 2.99. The maximum atomic E-state index is 12.4. The summed E-state index contributed by atoms with van der Waals surface area (Å²) in [7, 11) is 0. The van der Waals surface area contributed by atoms with E-state index in [1.807, 2.05) is 18.2 Å². The highest BCUT2D eigenvalue weighted by molar-refractivity contribution is 9.10. The highest BCUT2D eigenvalue weighted by atomic mass is 79.9. The molecule has 1 aromatic rings. The van der Waals surface area contributed by atoms with Gasteiger partial charge in [0.1, 0.15) is 6.04 Å². The van der Waals surface area contributed by atoms with E-state index < -0.39 is 0 Å². The Bertz CT molecular complexity index is 534. The largest absolute Gasteiger partial charge is 0.392 e. The molecular formula is C15H19BrN2O3. The Hall–Kier alpha value is -1.11. The van der Waals surface area contributed by atoms with Crippen molar-refractivity contribution < 1.29 is 14.6 Å². The molecule has 1 atom stereocenters. The smallest absolute Gasteiger partial charge is 0.245 e. The van der Waals surface area contributed by atoms with Crippen LogP contribution in [-0.2, 0) is 16.1 Å². The zero-order valence-corrected chi connectivity index (χ0v) is 13.3. The molecule has 2 N–H and O–H groups in total. The summed E-state index contributed by atoms with van der Waals surface area (Å²) in [5.41, 5.74) is 1.81. The third kappa shape index (κ3) is 3.39. The molecular weight excluding hydrogens is 336 g/mol. The van der Waals surface area contributed by atoms with Gasteiger partial charge in [0.05, 0.1) is 19.8 Å². The molecule has 1 aliphatic carbocycles. The maximum Gasteiger partial charge on any atom is 0.245 e.